The molecule has 8 heteroatoms. The molecule has 0 atom stereocenters. The van der Waals surface area contributed by atoms with Crippen molar-refractivity contribution in [1.29, 1.82) is 0 Å². The van der Waals surface area contributed by atoms with Crippen LogP contribution in [0.4, 0.5) is 0 Å². The lowest BCUT2D eigenvalue weighted by Gasteiger charge is -2.03. The topological polar surface area (TPSA) is 80.9 Å². The van der Waals surface area contributed by atoms with Crippen LogP contribution in [0, 0.1) is 6.92 Å². The Morgan fingerprint density at radius 1 is 1.45 bits per heavy atom. The number of hydrogen-bond donors (Lipinski definition) is 1. The first-order valence-electron chi connectivity index (χ1n) is 6.41. The SMILES string of the molecule is Cc1ccsc1-c1nc(CNC(=O)c2cccnc2Cl)no1. The molecule has 1 N–H and O–H groups in total. The Hall–Kier alpha value is -2.25. The van der Waals surface area contributed by atoms with Crippen molar-refractivity contribution in [2.45, 2.75) is 13.5 Å². The standard InChI is InChI=1S/C14H11ClN4O2S/c1-8-4-6-22-11(8)14-18-10(19-21-14)7-17-13(20)9-3-2-5-16-12(9)15/h2-6H,7H2,1H3,(H,17,20). The molecule has 6 nitrogen and oxygen atoms in total. The van der Waals surface area contributed by atoms with Gasteiger partial charge in [0.2, 0.25) is 0 Å². The molecule has 22 heavy (non-hydrogen) atoms. The number of amides is 1. The molecule has 0 aliphatic rings. The Bertz CT molecular complexity index is 815. The summed E-state index contributed by atoms with van der Waals surface area (Å²) in [6.45, 7) is 2.12. The lowest BCUT2D eigenvalue weighted by atomic mass is 10.2. The molecular formula is C14H11ClN4O2S. The summed E-state index contributed by atoms with van der Waals surface area (Å²) in [5.41, 5.74) is 1.38. The lowest BCUT2D eigenvalue weighted by molar-refractivity contribution is 0.0949. The number of hydrogen-bond acceptors (Lipinski definition) is 6. The Morgan fingerprint density at radius 2 is 2.32 bits per heavy atom. The van der Waals surface area contributed by atoms with E-state index in [9.17, 15) is 4.79 Å². The van der Waals surface area contributed by atoms with E-state index in [0.29, 0.717) is 17.3 Å². The summed E-state index contributed by atoms with van der Waals surface area (Å²) in [6, 6.07) is 5.23. The predicted molar refractivity (Wildman–Crippen MR) is 82.8 cm³/mol. The number of nitrogens with one attached hydrogen (secondary N) is 1. The first-order valence-corrected chi connectivity index (χ1v) is 7.66. The fourth-order valence-corrected chi connectivity index (χ4v) is 2.87. The van der Waals surface area contributed by atoms with Crippen molar-refractivity contribution in [3.8, 4) is 10.8 Å². The van der Waals surface area contributed by atoms with Gasteiger partial charge in [-0.1, -0.05) is 16.8 Å². The van der Waals surface area contributed by atoms with Crippen LogP contribution in [0.2, 0.25) is 5.15 Å². The van der Waals surface area contributed by atoms with Crippen LogP contribution in [0.5, 0.6) is 0 Å². The van der Waals surface area contributed by atoms with E-state index in [4.69, 9.17) is 16.1 Å². The van der Waals surface area contributed by atoms with Crippen molar-refractivity contribution < 1.29 is 9.32 Å². The highest BCUT2D eigenvalue weighted by Crippen LogP contribution is 2.27. The lowest BCUT2D eigenvalue weighted by Crippen LogP contribution is -2.23. The van der Waals surface area contributed by atoms with Crippen LogP contribution in [0.15, 0.2) is 34.3 Å². The monoisotopic (exact) mass is 334 g/mol. The molecule has 0 aliphatic heterocycles. The maximum absolute atomic E-state index is 12.0. The first kappa shape index (κ1) is 14.7. The van der Waals surface area contributed by atoms with Crippen molar-refractivity contribution in [2.24, 2.45) is 0 Å². The van der Waals surface area contributed by atoms with E-state index < -0.39 is 0 Å². The van der Waals surface area contributed by atoms with Crippen LogP contribution < -0.4 is 5.32 Å². The average Bonchev–Trinajstić information content (AvgIpc) is 3.13. The van der Waals surface area contributed by atoms with Crippen LogP contribution in [0.3, 0.4) is 0 Å². The maximum Gasteiger partial charge on any atom is 0.268 e. The Morgan fingerprint density at radius 3 is 3.05 bits per heavy atom. The molecule has 3 rings (SSSR count). The Labute approximate surface area is 135 Å². The smallest absolute Gasteiger partial charge is 0.268 e. The molecule has 3 aromatic rings. The van der Waals surface area contributed by atoms with Gasteiger partial charge in [-0.3, -0.25) is 4.79 Å². The highest BCUT2D eigenvalue weighted by Gasteiger charge is 2.14. The molecule has 0 fully saturated rings. The first-order chi connectivity index (χ1) is 10.6. The molecule has 0 spiro atoms. The van der Waals surface area contributed by atoms with Gasteiger partial charge >= 0.3 is 0 Å². The number of aryl methyl sites for hydroxylation is 1. The van der Waals surface area contributed by atoms with Crippen LogP contribution >= 0.6 is 22.9 Å². The van der Waals surface area contributed by atoms with Gasteiger partial charge in [0.05, 0.1) is 17.0 Å². The van der Waals surface area contributed by atoms with Gasteiger partial charge < -0.3 is 9.84 Å². The summed E-state index contributed by atoms with van der Waals surface area (Å²) in [5.74, 6) is 0.518. The van der Waals surface area contributed by atoms with Crippen molar-refractivity contribution in [3.05, 3.63) is 51.9 Å². The molecule has 0 saturated heterocycles. The minimum Gasteiger partial charge on any atom is -0.345 e. The predicted octanol–water partition coefficient (Wildman–Crippen LogP) is 3.08. The van der Waals surface area contributed by atoms with E-state index in [1.165, 1.54) is 17.5 Å². The zero-order valence-corrected chi connectivity index (χ0v) is 13.1. The molecule has 3 aromatic heterocycles. The van der Waals surface area contributed by atoms with Crippen LogP contribution in [-0.2, 0) is 6.54 Å². The molecule has 112 valence electrons. The number of halogens is 1. The molecule has 1 amide bonds. The minimum atomic E-state index is -0.336. The van der Waals surface area contributed by atoms with Crippen LogP contribution in [0.25, 0.3) is 10.8 Å². The number of nitrogens with zero attached hydrogens (tertiary/aromatic N) is 3. The number of thiophene rings is 1. The summed E-state index contributed by atoms with van der Waals surface area (Å²) in [7, 11) is 0. The molecule has 0 bridgehead atoms. The van der Waals surface area contributed by atoms with E-state index >= 15 is 0 Å². The van der Waals surface area contributed by atoms with E-state index in [2.05, 4.69) is 20.4 Å². The normalized spacial score (nSPS) is 10.6. The summed E-state index contributed by atoms with van der Waals surface area (Å²) < 4.78 is 5.21. The molecule has 0 aliphatic carbocycles. The van der Waals surface area contributed by atoms with Crippen LogP contribution in [-0.4, -0.2) is 21.0 Å². The van der Waals surface area contributed by atoms with Crippen molar-refractivity contribution in [1.82, 2.24) is 20.4 Å². The second-order valence-corrected chi connectivity index (χ2v) is 5.75. The minimum absolute atomic E-state index is 0.151. The fraction of sp³-hybridized carbons (Fsp3) is 0.143. The second kappa shape index (κ2) is 6.25. The average molecular weight is 335 g/mol. The Balaban J connectivity index is 1.68. The summed E-state index contributed by atoms with van der Waals surface area (Å²) in [4.78, 5) is 21.1. The number of aromatic nitrogens is 3. The third kappa shape index (κ3) is 3.00. The third-order valence-corrected chi connectivity index (χ3v) is 4.24. The van der Waals surface area contributed by atoms with Gasteiger partial charge in [0.25, 0.3) is 11.8 Å². The zero-order chi connectivity index (χ0) is 15.5. The second-order valence-electron chi connectivity index (χ2n) is 4.47. The van der Waals surface area contributed by atoms with Crippen molar-refractivity contribution in [3.63, 3.8) is 0 Å². The summed E-state index contributed by atoms with van der Waals surface area (Å²) in [6.07, 6.45) is 1.52. The van der Waals surface area contributed by atoms with E-state index in [1.807, 2.05) is 18.4 Å². The molecule has 0 unspecified atom stereocenters. The summed E-state index contributed by atoms with van der Waals surface area (Å²) >= 11 is 7.40. The fourth-order valence-electron chi connectivity index (χ4n) is 1.82. The van der Waals surface area contributed by atoms with E-state index in [1.54, 1.807) is 12.1 Å². The van der Waals surface area contributed by atoms with Gasteiger partial charge in [0.1, 0.15) is 5.15 Å². The van der Waals surface area contributed by atoms with Gasteiger partial charge in [-0.15, -0.1) is 11.3 Å². The molecule has 0 aromatic carbocycles. The third-order valence-electron chi connectivity index (χ3n) is 2.94. The molecule has 0 radical (unpaired) electrons. The molecule has 0 saturated carbocycles. The zero-order valence-electron chi connectivity index (χ0n) is 11.5. The highest BCUT2D eigenvalue weighted by atomic mass is 35.5. The van der Waals surface area contributed by atoms with Gasteiger partial charge in [0.15, 0.2) is 5.82 Å². The number of rotatable bonds is 4. The number of carbonyl (C=O) groups is 1. The van der Waals surface area contributed by atoms with Crippen LogP contribution in [0.1, 0.15) is 21.7 Å². The summed E-state index contributed by atoms with van der Waals surface area (Å²) in [5, 5.41) is 8.66. The quantitative estimate of drug-likeness (QED) is 0.741. The van der Waals surface area contributed by atoms with Gasteiger partial charge in [-0.05, 0) is 36.1 Å². The molecule has 3 heterocycles. The van der Waals surface area contributed by atoms with Gasteiger partial charge in [0, 0.05) is 6.20 Å². The van der Waals surface area contributed by atoms with Crippen molar-refractivity contribution in [2.75, 3.05) is 0 Å². The van der Waals surface area contributed by atoms with E-state index in [-0.39, 0.29) is 17.6 Å². The number of carbonyl (C=O) groups excluding carboxylic acids is 1. The van der Waals surface area contributed by atoms with Crippen molar-refractivity contribution >= 4 is 28.8 Å². The maximum atomic E-state index is 12.0. The van der Waals surface area contributed by atoms with E-state index in [0.717, 1.165) is 10.4 Å². The van der Waals surface area contributed by atoms with Gasteiger partial charge in [-0.2, -0.15) is 4.98 Å². The Kier molecular flexibility index (Phi) is 4.17. The molecular weight excluding hydrogens is 324 g/mol. The number of pyridine rings is 1. The highest BCUT2D eigenvalue weighted by molar-refractivity contribution is 7.13. The largest absolute Gasteiger partial charge is 0.345 e. The van der Waals surface area contributed by atoms with Gasteiger partial charge in [-0.25, -0.2) is 4.98 Å².